The molecule has 4 aromatic carbocycles. The minimum absolute atomic E-state index is 0.0883. The van der Waals surface area contributed by atoms with Gasteiger partial charge in [-0.15, -0.1) is 11.6 Å². The minimum atomic E-state index is -0.446. The third-order valence-corrected chi connectivity index (χ3v) is 7.57. The Bertz CT molecular complexity index is 1040. The van der Waals surface area contributed by atoms with E-state index in [0.29, 0.717) is 12.5 Å². The number of hydrogen-bond acceptors (Lipinski definition) is 2. The van der Waals surface area contributed by atoms with Crippen molar-refractivity contribution in [2.24, 2.45) is 5.92 Å². The van der Waals surface area contributed by atoms with Crippen molar-refractivity contribution in [3.63, 3.8) is 0 Å². The predicted octanol–water partition coefficient (Wildman–Crippen LogP) is 6.41. The van der Waals surface area contributed by atoms with Crippen LogP contribution in [0.1, 0.15) is 12.5 Å². The van der Waals surface area contributed by atoms with Gasteiger partial charge in [-0.2, -0.15) is 5.26 Å². The van der Waals surface area contributed by atoms with Crippen LogP contribution in [0.25, 0.3) is 0 Å². The fourth-order valence-corrected chi connectivity index (χ4v) is 5.63. The maximum atomic E-state index is 8.56. The van der Waals surface area contributed by atoms with Gasteiger partial charge in [-0.25, -0.2) is 0 Å². The summed E-state index contributed by atoms with van der Waals surface area (Å²) in [5.74, 6) is 1.16. The van der Waals surface area contributed by atoms with Crippen LogP contribution in [-0.4, -0.2) is 6.61 Å². The Hall–Kier alpha value is -3.11. The Kier molecular flexibility index (Phi) is 9.99. The highest BCUT2D eigenvalue weighted by atomic mass is 35.5. The molecule has 1 unspecified atom stereocenters. The molecule has 4 heteroatoms. The van der Waals surface area contributed by atoms with Gasteiger partial charge in [-0.1, -0.05) is 103 Å². The standard InChI is InChI=1S/C18H15P.C11H12ClNO/c1-4-10-16(11-5-1)19(17-12-6-2-7-13-17)18-14-8-3-9-15-18;1-9(7-13)8-14-11-4-2-3-10(5-11)6-12/h1-15H;2-5,9H,6,8H2,1H3. The van der Waals surface area contributed by atoms with Gasteiger partial charge in [0.15, 0.2) is 0 Å². The van der Waals surface area contributed by atoms with Crippen LogP contribution >= 0.6 is 19.5 Å². The maximum absolute atomic E-state index is 8.56. The summed E-state index contributed by atoms with van der Waals surface area (Å²) in [6, 6.07) is 42.0. The summed E-state index contributed by atoms with van der Waals surface area (Å²) in [5, 5.41) is 12.8. The summed E-state index contributed by atoms with van der Waals surface area (Å²) in [5.41, 5.74) is 1.02. The van der Waals surface area contributed by atoms with Gasteiger partial charge in [0.2, 0.25) is 0 Å². The second kappa shape index (κ2) is 13.4. The monoisotopic (exact) mass is 471 g/mol. The maximum Gasteiger partial charge on any atom is 0.119 e. The molecule has 166 valence electrons. The fraction of sp³-hybridized carbons (Fsp3) is 0.138. The van der Waals surface area contributed by atoms with Crippen molar-refractivity contribution in [1.82, 2.24) is 0 Å². The molecule has 0 spiro atoms. The molecular formula is C29H27ClNOP. The molecule has 0 saturated heterocycles. The zero-order valence-corrected chi connectivity index (χ0v) is 20.3. The SMILES string of the molecule is CC(C#N)COc1cccc(CCl)c1.c1ccc(P(c2ccccc2)c2ccccc2)cc1. The lowest BCUT2D eigenvalue weighted by atomic mass is 10.2. The number of benzene rings is 4. The summed E-state index contributed by atoms with van der Waals surface area (Å²) in [6.07, 6.45) is 0. The number of rotatable bonds is 7. The molecule has 1 atom stereocenters. The van der Waals surface area contributed by atoms with Gasteiger partial charge in [-0.05, 0) is 48.5 Å². The van der Waals surface area contributed by atoms with E-state index in [2.05, 4.69) is 97.1 Å². The van der Waals surface area contributed by atoms with Crippen LogP contribution in [0.2, 0.25) is 0 Å². The number of halogens is 1. The number of alkyl halides is 1. The molecule has 0 aliphatic heterocycles. The molecule has 0 heterocycles. The van der Waals surface area contributed by atoms with Gasteiger partial charge < -0.3 is 4.74 Å². The molecule has 0 N–H and O–H groups in total. The number of nitriles is 1. The van der Waals surface area contributed by atoms with Crippen molar-refractivity contribution in [2.45, 2.75) is 12.8 Å². The smallest absolute Gasteiger partial charge is 0.119 e. The minimum Gasteiger partial charge on any atom is -0.492 e. The molecule has 4 aromatic rings. The molecule has 0 fully saturated rings. The first-order chi connectivity index (χ1) is 16.2. The molecule has 0 aliphatic carbocycles. The highest BCUT2D eigenvalue weighted by Gasteiger charge is 2.15. The Balaban J connectivity index is 0.000000196. The predicted molar refractivity (Wildman–Crippen MR) is 141 cm³/mol. The Morgan fingerprint density at radius 3 is 1.67 bits per heavy atom. The lowest BCUT2D eigenvalue weighted by Gasteiger charge is -2.18. The fourth-order valence-electron chi connectivity index (χ4n) is 3.16. The number of ether oxygens (including phenoxy) is 1. The molecule has 0 radical (unpaired) electrons. The molecule has 0 amide bonds. The molecule has 0 aliphatic rings. The number of nitrogens with zero attached hydrogens (tertiary/aromatic N) is 1. The third-order valence-electron chi connectivity index (χ3n) is 4.82. The molecule has 0 saturated carbocycles. The average Bonchev–Trinajstić information content (AvgIpc) is 2.90. The molecule has 33 heavy (non-hydrogen) atoms. The van der Waals surface area contributed by atoms with Crippen molar-refractivity contribution < 1.29 is 4.74 Å². The van der Waals surface area contributed by atoms with E-state index in [9.17, 15) is 0 Å². The first-order valence-electron chi connectivity index (χ1n) is 10.8. The molecule has 2 nitrogen and oxygen atoms in total. The topological polar surface area (TPSA) is 33.0 Å². The van der Waals surface area contributed by atoms with E-state index >= 15 is 0 Å². The highest BCUT2D eigenvalue weighted by Crippen LogP contribution is 2.32. The second-order valence-corrected chi connectivity index (χ2v) is 9.95. The summed E-state index contributed by atoms with van der Waals surface area (Å²) < 4.78 is 5.42. The third kappa shape index (κ3) is 7.76. The van der Waals surface area contributed by atoms with Gasteiger partial charge in [0.05, 0.1) is 12.0 Å². The first kappa shape index (κ1) is 24.5. The molecule has 0 bridgehead atoms. The Morgan fingerprint density at radius 1 is 0.758 bits per heavy atom. The van der Waals surface area contributed by atoms with Crippen LogP contribution in [0, 0.1) is 17.2 Å². The van der Waals surface area contributed by atoms with Crippen LogP contribution in [0.4, 0.5) is 0 Å². The van der Waals surface area contributed by atoms with E-state index in [4.69, 9.17) is 21.6 Å². The Labute approximate surface area is 203 Å². The molecule has 4 rings (SSSR count). The van der Waals surface area contributed by atoms with E-state index in [0.717, 1.165) is 11.3 Å². The summed E-state index contributed by atoms with van der Waals surface area (Å²) in [4.78, 5) is 0. The van der Waals surface area contributed by atoms with E-state index < -0.39 is 7.92 Å². The molecule has 0 aromatic heterocycles. The van der Waals surface area contributed by atoms with Gasteiger partial charge in [-0.3, -0.25) is 0 Å². The number of hydrogen-bond donors (Lipinski definition) is 0. The van der Waals surface area contributed by atoms with Gasteiger partial charge in [0.25, 0.3) is 0 Å². The van der Waals surface area contributed by atoms with Crippen LogP contribution in [0.3, 0.4) is 0 Å². The van der Waals surface area contributed by atoms with Crippen molar-refractivity contribution in [3.05, 3.63) is 121 Å². The largest absolute Gasteiger partial charge is 0.492 e. The van der Waals surface area contributed by atoms with E-state index in [1.54, 1.807) is 0 Å². The zero-order valence-electron chi connectivity index (χ0n) is 18.6. The lowest BCUT2D eigenvalue weighted by Crippen LogP contribution is -2.20. The van der Waals surface area contributed by atoms with Crippen molar-refractivity contribution in [2.75, 3.05) is 6.61 Å². The second-order valence-electron chi connectivity index (χ2n) is 7.46. The summed E-state index contributed by atoms with van der Waals surface area (Å²) >= 11 is 5.68. The average molecular weight is 472 g/mol. The summed E-state index contributed by atoms with van der Waals surface area (Å²) in [7, 11) is -0.446. The van der Waals surface area contributed by atoms with Crippen LogP contribution in [0.5, 0.6) is 5.75 Å². The van der Waals surface area contributed by atoms with Crippen molar-refractivity contribution in [3.8, 4) is 11.8 Å². The van der Waals surface area contributed by atoms with E-state index in [-0.39, 0.29) is 5.92 Å². The molecular weight excluding hydrogens is 445 g/mol. The Morgan fingerprint density at radius 2 is 1.24 bits per heavy atom. The summed E-state index contributed by atoms with van der Waals surface area (Å²) in [6.45, 7) is 2.24. The van der Waals surface area contributed by atoms with Crippen molar-refractivity contribution in [1.29, 1.82) is 5.26 Å². The van der Waals surface area contributed by atoms with Crippen LogP contribution < -0.4 is 20.7 Å². The van der Waals surface area contributed by atoms with Crippen LogP contribution in [0.15, 0.2) is 115 Å². The van der Waals surface area contributed by atoms with Gasteiger partial charge >= 0.3 is 0 Å². The quantitative estimate of drug-likeness (QED) is 0.230. The zero-order chi connectivity index (χ0) is 23.3. The first-order valence-corrected chi connectivity index (χ1v) is 12.7. The van der Waals surface area contributed by atoms with E-state index in [1.165, 1.54) is 15.9 Å². The normalized spacial score (nSPS) is 11.1. The highest BCUT2D eigenvalue weighted by molar-refractivity contribution is 7.79. The van der Waals surface area contributed by atoms with Crippen LogP contribution in [-0.2, 0) is 5.88 Å². The van der Waals surface area contributed by atoms with Crippen molar-refractivity contribution >= 4 is 35.4 Å². The lowest BCUT2D eigenvalue weighted by molar-refractivity contribution is 0.288. The van der Waals surface area contributed by atoms with Gasteiger partial charge in [0, 0.05) is 5.88 Å². The van der Waals surface area contributed by atoms with E-state index in [1.807, 2.05) is 31.2 Å². The van der Waals surface area contributed by atoms with Gasteiger partial charge in [0.1, 0.15) is 12.4 Å².